The summed E-state index contributed by atoms with van der Waals surface area (Å²) in [6.45, 7) is 5.83. The van der Waals surface area contributed by atoms with E-state index in [-0.39, 0.29) is 5.78 Å². The van der Waals surface area contributed by atoms with Crippen molar-refractivity contribution < 1.29 is 33.6 Å². The van der Waals surface area contributed by atoms with Crippen LogP contribution < -0.4 is 0 Å². The van der Waals surface area contributed by atoms with Crippen LogP contribution in [-0.2, 0) is 28.5 Å². The van der Waals surface area contributed by atoms with Gasteiger partial charge in [0.2, 0.25) is 0 Å². The maximum absolute atomic E-state index is 12.2. The van der Waals surface area contributed by atoms with Gasteiger partial charge >= 0.3 is 5.97 Å². The van der Waals surface area contributed by atoms with Gasteiger partial charge in [0.15, 0.2) is 24.5 Å². The molecule has 6 atom stereocenters. The largest absolute Gasteiger partial charge is 0.479 e. The van der Waals surface area contributed by atoms with Crippen molar-refractivity contribution in [3.63, 3.8) is 0 Å². The Bertz CT molecular complexity index is 504. The molecule has 0 bridgehead atoms. The zero-order valence-corrected chi connectivity index (χ0v) is 20.3. The first-order chi connectivity index (χ1) is 15.5. The Morgan fingerprint density at radius 2 is 1.03 bits per heavy atom. The summed E-state index contributed by atoms with van der Waals surface area (Å²) in [5.41, 5.74) is 0. The van der Waals surface area contributed by atoms with Crippen molar-refractivity contribution in [3.8, 4) is 0 Å². The molecule has 2 unspecified atom stereocenters. The highest BCUT2D eigenvalue weighted by Crippen LogP contribution is 2.34. The quantitative estimate of drug-likeness (QED) is 0.294. The maximum atomic E-state index is 12.2. The third-order valence-corrected chi connectivity index (χ3v) is 6.37. The maximum Gasteiger partial charge on any atom is 0.335 e. The molecule has 0 radical (unpaired) electrons. The first-order valence-corrected chi connectivity index (χ1v) is 12.8. The van der Waals surface area contributed by atoms with Crippen LogP contribution in [0.3, 0.4) is 0 Å². The van der Waals surface area contributed by atoms with Gasteiger partial charge in [-0.25, -0.2) is 4.79 Å². The molecular formula is C25H44O7. The SMILES string of the molecule is CCCCCCCCC1O[C@H]([C@@H]2OC(CCCCCCCC)O[C@H]2C(C)=O)[C@@H](C(=O)O)O1. The van der Waals surface area contributed by atoms with E-state index in [0.29, 0.717) is 12.8 Å². The molecule has 0 aromatic rings. The second kappa shape index (κ2) is 15.0. The number of aliphatic carboxylic acids is 1. The Morgan fingerprint density at radius 3 is 1.47 bits per heavy atom. The summed E-state index contributed by atoms with van der Waals surface area (Å²) in [4.78, 5) is 24.0. The summed E-state index contributed by atoms with van der Waals surface area (Å²) >= 11 is 0. The van der Waals surface area contributed by atoms with Gasteiger partial charge in [-0.15, -0.1) is 0 Å². The van der Waals surface area contributed by atoms with Crippen LogP contribution in [0, 0.1) is 0 Å². The van der Waals surface area contributed by atoms with Crippen LogP contribution in [0.1, 0.15) is 111 Å². The lowest BCUT2D eigenvalue weighted by molar-refractivity contribution is -0.152. The zero-order chi connectivity index (χ0) is 23.3. The van der Waals surface area contributed by atoms with Crippen LogP contribution in [0.15, 0.2) is 0 Å². The summed E-state index contributed by atoms with van der Waals surface area (Å²) in [6, 6.07) is 0. The van der Waals surface area contributed by atoms with Gasteiger partial charge in [0, 0.05) is 0 Å². The second-order valence-electron chi connectivity index (χ2n) is 9.24. The fraction of sp³-hybridized carbons (Fsp3) is 0.920. The van der Waals surface area contributed by atoms with Gasteiger partial charge in [-0.1, -0.05) is 78.1 Å². The minimum atomic E-state index is -1.15. The first-order valence-electron chi connectivity index (χ1n) is 12.8. The zero-order valence-electron chi connectivity index (χ0n) is 20.3. The molecule has 7 nitrogen and oxygen atoms in total. The van der Waals surface area contributed by atoms with E-state index in [2.05, 4.69) is 13.8 Å². The highest BCUT2D eigenvalue weighted by molar-refractivity contribution is 5.82. The van der Waals surface area contributed by atoms with E-state index in [1.807, 2.05) is 0 Å². The lowest BCUT2D eigenvalue weighted by Crippen LogP contribution is -2.46. The molecule has 0 spiro atoms. The number of hydrogen-bond donors (Lipinski definition) is 1. The molecule has 2 saturated heterocycles. The van der Waals surface area contributed by atoms with E-state index < -0.39 is 43.0 Å². The number of carbonyl (C=O) groups excluding carboxylic acids is 1. The lowest BCUT2D eigenvalue weighted by Gasteiger charge is -2.22. The van der Waals surface area contributed by atoms with Gasteiger partial charge in [0.25, 0.3) is 0 Å². The minimum absolute atomic E-state index is 0.174. The van der Waals surface area contributed by atoms with Crippen molar-refractivity contribution in [2.24, 2.45) is 0 Å². The molecule has 2 heterocycles. The van der Waals surface area contributed by atoms with Crippen molar-refractivity contribution in [1.29, 1.82) is 0 Å². The number of carboxylic acids is 1. The number of carboxylic acid groups (broad SMARTS) is 1. The fourth-order valence-electron chi connectivity index (χ4n) is 4.52. The molecule has 2 fully saturated rings. The number of ether oxygens (including phenoxy) is 4. The molecule has 186 valence electrons. The Labute approximate surface area is 193 Å². The summed E-state index contributed by atoms with van der Waals surface area (Å²) in [5.74, 6) is -1.27. The van der Waals surface area contributed by atoms with Crippen LogP contribution in [0.5, 0.6) is 0 Å². The second-order valence-corrected chi connectivity index (χ2v) is 9.24. The standard InChI is InChI=1S/C25H44O7/c1-4-6-8-10-12-14-16-19-29-21(18(3)26)22(30-19)23-24(25(27)28)32-20(31-23)17-15-13-11-9-7-5-2/h19-24H,4-17H2,1-3H3,(H,27,28)/t19?,20?,21-,22+,23+,24-/m0/s1. The molecule has 0 saturated carbocycles. The van der Waals surface area contributed by atoms with E-state index in [1.165, 1.54) is 58.3 Å². The lowest BCUT2D eigenvalue weighted by atomic mass is 10.0. The molecule has 2 aliphatic heterocycles. The monoisotopic (exact) mass is 456 g/mol. The highest BCUT2D eigenvalue weighted by Gasteiger charge is 2.53. The number of Topliss-reactive ketones (excluding diaryl/α,β-unsaturated/α-hetero) is 1. The van der Waals surface area contributed by atoms with Crippen molar-refractivity contribution in [3.05, 3.63) is 0 Å². The normalized spacial score (nSPS) is 30.1. The van der Waals surface area contributed by atoms with Gasteiger partial charge in [-0.05, 0) is 32.6 Å². The molecule has 2 rings (SSSR count). The number of carbonyl (C=O) groups is 2. The number of hydrogen-bond acceptors (Lipinski definition) is 6. The number of rotatable bonds is 17. The van der Waals surface area contributed by atoms with Gasteiger partial charge in [-0.2, -0.15) is 0 Å². The van der Waals surface area contributed by atoms with E-state index in [1.54, 1.807) is 0 Å². The van der Waals surface area contributed by atoms with Gasteiger partial charge in [0.1, 0.15) is 18.3 Å². The third kappa shape index (κ3) is 8.73. The van der Waals surface area contributed by atoms with Crippen LogP contribution >= 0.6 is 0 Å². The van der Waals surface area contributed by atoms with Crippen LogP contribution in [0.25, 0.3) is 0 Å². The van der Waals surface area contributed by atoms with E-state index in [0.717, 1.165) is 25.7 Å². The molecular weight excluding hydrogens is 412 g/mol. The fourth-order valence-corrected chi connectivity index (χ4v) is 4.52. The highest BCUT2D eigenvalue weighted by atomic mass is 16.8. The summed E-state index contributed by atoms with van der Waals surface area (Å²) in [6.07, 6.45) is 10.4. The Morgan fingerprint density at radius 1 is 0.625 bits per heavy atom. The number of ketones is 1. The average molecular weight is 457 g/mol. The van der Waals surface area contributed by atoms with E-state index in [4.69, 9.17) is 18.9 Å². The van der Waals surface area contributed by atoms with Crippen LogP contribution in [0.2, 0.25) is 0 Å². The van der Waals surface area contributed by atoms with Crippen LogP contribution in [-0.4, -0.2) is 53.9 Å². The third-order valence-electron chi connectivity index (χ3n) is 6.37. The van der Waals surface area contributed by atoms with Crippen molar-refractivity contribution >= 4 is 11.8 Å². The predicted octanol–water partition coefficient (Wildman–Crippen LogP) is 5.38. The van der Waals surface area contributed by atoms with Crippen molar-refractivity contribution in [1.82, 2.24) is 0 Å². The van der Waals surface area contributed by atoms with Crippen molar-refractivity contribution in [2.45, 2.75) is 148 Å². The summed E-state index contributed by atoms with van der Waals surface area (Å²) in [7, 11) is 0. The average Bonchev–Trinajstić information content (AvgIpc) is 3.37. The number of unbranched alkanes of at least 4 members (excludes halogenated alkanes) is 10. The predicted molar refractivity (Wildman–Crippen MR) is 121 cm³/mol. The molecule has 32 heavy (non-hydrogen) atoms. The van der Waals surface area contributed by atoms with Gasteiger partial charge in [-0.3, -0.25) is 4.79 Å². The topological polar surface area (TPSA) is 91.3 Å². The molecule has 0 aliphatic carbocycles. The Balaban J connectivity index is 1.86. The Hall–Kier alpha value is -1.02. The molecule has 7 heteroatoms. The molecule has 1 N–H and O–H groups in total. The van der Waals surface area contributed by atoms with Gasteiger partial charge in [0.05, 0.1) is 0 Å². The van der Waals surface area contributed by atoms with E-state index in [9.17, 15) is 14.7 Å². The van der Waals surface area contributed by atoms with Gasteiger partial charge < -0.3 is 24.1 Å². The van der Waals surface area contributed by atoms with Crippen molar-refractivity contribution in [2.75, 3.05) is 0 Å². The summed E-state index contributed by atoms with van der Waals surface area (Å²) in [5, 5.41) is 9.68. The molecule has 2 aliphatic rings. The first kappa shape index (κ1) is 27.2. The smallest absolute Gasteiger partial charge is 0.335 e. The Kier molecular flexibility index (Phi) is 12.8. The van der Waals surface area contributed by atoms with Crippen LogP contribution in [0.4, 0.5) is 0 Å². The minimum Gasteiger partial charge on any atom is -0.479 e. The molecule has 0 aromatic heterocycles. The molecule has 0 amide bonds. The summed E-state index contributed by atoms with van der Waals surface area (Å²) < 4.78 is 23.6. The van der Waals surface area contributed by atoms with E-state index >= 15 is 0 Å². The molecule has 0 aromatic carbocycles.